The summed E-state index contributed by atoms with van der Waals surface area (Å²) in [6.07, 6.45) is 1.38. The zero-order valence-electron chi connectivity index (χ0n) is 9.49. The van der Waals surface area contributed by atoms with Gasteiger partial charge in [0.2, 0.25) is 0 Å². The molecular formula is C12H20N2S. The predicted molar refractivity (Wildman–Crippen MR) is 66.1 cm³/mol. The van der Waals surface area contributed by atoms with E-state index in [1.807, 2.05) is 11.3 Å². The maximum atomic E-state index is 5.82. The third-order valence-electron chi connectivity index (χ3n) is 3.36. The van der Waals surface area contributed by atoms with Crippen LogP contribution in [0.4, 0.5) is 0 Å². The first-order valence-electron chi connectivity index (χ1n) is 5.69. The van der Waals surface area contributed by atoms with E-state index in [2.05, 4.69) is 30.6 Å². The van der Waals surface area contributed by atoms with Gasteiger partial charge in [0.1, 0.15) is 0 Å². The summed E-state index contributed by atoms with van der Waals surface area (Å²) in [5.41, 5.74) is 7.19. The maximum Gasteiger partial charge on any atom is 0.0542 e. The molecule has 1 aromatic heterocycles. The van der Waals surface area contributed by atoms with Crippen molar-refractivity contribution in [3.63, 3.8) is 0 Å². The molecule has 84 valence electrons. The molecule has 2 nitrogen and oxygen atoms in total. The van der Waals surface area contributed by atoms with Gasteiger partial charge >= 0.3 is 0 Å². The largest absolute Gasteiger partial charge is 0.329 e. The second kappa shape index (κ2) is 4.64. The molecule has 1 aromatic rings. The Morgan fingerprint density at radius 3 is 2.87 bits per heavy atom. The molecule has 1 aliphatic rings. The summed E-state index contributed by atoms with van der Waals surface area (Å²) in [4.78, 5) is 1.41. The zero-order valence-corrected chi connectivity index (χ0v) is 10.3. The molecule has 3 heteroatoms. The lowest BCUT2D eigenvalue weighted by molar-refractivity contribution is 0.516. The quantitative estimate of drug-likeness (QED) is 0.805. The highest BCUT2D eigenvalue weighted by Crippen LogP contribution is 2.37. The minimum atomic E-state index is 0.359. The van der Waals surface area contributed by atoms with Crippen LogP contribution in [0, 0.1) is 18.8 Å². The third-order valence-corrected chi connectivity index (χ3v) is 4.49. The molecule has 0 bridgehead atoms. The van der Waals surface area contributed by atoms with Gasteiger partial charge in [-0.05, 0) is 48.7 Å². The van der Waals surface area contributed by atoms with E-state index in [1.165, 1.54) is 16.9 Å². The van der Waals surface area contributed by atoms with Crippen LogP contribution in [-0.4, -0.2) is 13.1 Å². The standard InChI is InChI=1S/C12H20N2S/c1-8-3-4-15-12(8)11(6-13)14-7-10-5-9(10)2/h3-4,9-11,14H,5-7,13H2,1-2H3. The fraction of sp³-hybridized carbons (Fsp3) is 0.667. The van der Waals surface area contributed by atoms with Crippen molar-refractivity contribution in [2.45, 2.75) is 26.3 Å². The first-order valence-corrected chi connectivity index (χ1v) is 6.57. The van der Waals surface area contributed by atoms with Crippen LogP contribution >= 0.6 is 11.3 Å². The topological polar surface area (TPSA) is 38.0 Å². The number of thiophene rings is 1. The van der Waals surface area contributed by atoms with E-state index in [1.54, 1.807) is 0 Å². The van der Waals surface area contributed by atoms with Crippen molar-refractivity contribution in [2.24, 2.45) is 17.6 Å². The van der Waals surface area contributed by atoms with Gasteiger partial charge in [0.25, 0.3) is 0 Å². The summed E-state index contributed by atoms with van der Waals surface area (Å²) in [6, 6.07) is 2.53. The van der Waals surface area contributed by atoms with Gasteiger partial charge in [-0.15, -0.1) is 11.3 Å². The van der Waals surface area contributed by atoms with E-state index in [4.69, 9.17) is 5.73 Å². The van der Waals surface area contributed by atoms with Gasteiger partial charge in [0, 0.05) is 11.4 Å². The first kappa shape index (κ1) is 11.1. The molecule has 0 aliphatic heterocycles. The molecule has 3 N–H and O–H groups in total. The highest BCUT2D eigenvalue weighted by Gasteiger charge is 2.32. The average Bonchev–Trinajstić information content (AvgIpc) is 2.75. The minimum absolute atomic E-state index is 0.359. The van der Waals surface area contributed by atoms with Gasteiger partial charge in [0.15, 0.2) is 0 Å². The maximum absolute atomic E-state index is 5.82. The molecule has 1 fully saturated rings. The van der Waals surface area contributed by atoms with Crippen LogP contribution in [0.3, 0.4) is 0 Å². The van der Waals surface area contributed by atoms with E-state index < -0.39 is 0 Å². The lowest BCUT2D eigenvalue weighted by Gasteiger charge is -2.16. The second-order valence-electron chi connectivity index (χ2n) is 4.64. The predicted octanol–water partition coefficient (Wildman–Crippen LogP) is 2.30. The molecule has 0 spiro atoms. The number of hydrogen-bond donors (Lipinski definition) is 2. The SMILES string of the molecule is Cc1ccsc1C(CN)NCC1CC1C. The summed E-state index contributed by atoms with van der Waals surface area (Å²) >= 11 is 1.81. The molecule has 15 heavy (non-hydrogen) atoms. The number of nitrogens with two attached hydrogens (primary N) is 1. The van der Waals surface area contributed by atoms with E-state index in [-0.39, 0.29) is 0 Å². The van der Waals surface area contributed by atoms with Crippen molar-refractivity contribution in [3.05, 3.63) is 21.9 Å². The molecule has 3 atom stereocenters. The van der Waals surface area contributed by atoms with E-state index in [0.29, 0.717) is 12.6 Å². The molecule has 3 unspecified atom stereocenters. The third kappa shape index (κ3) is 2.60. The Bertz CT molecular complexity index is 321. The Hall–Kier alpha value is -0.380. The average molecular weight is 224 g/mol. The van der Waals surface area contributed by atoms with Crippen LogP contribution in [0.25, 0.3) is 0 Å². The van der Waals surface area contributed by atoms with Crippen LogP contribution in [0.1, 0.15) is 29.8 Å². The fourth-order valence-corrected chi connectivity index (χ4v) is 3.02. The lowest BCUT2D eigenvalue weighted by atomic mass is 10.1. The van der Waals surface area contributed by atoms with Crippen LogP contribution in [0.15, 0.2) is 11.4 Å². The van der Waals surface area contributed by atoms with Gasteiger partial charge in [-0.2, -0.15) is 0 Å². The summed E-state index contributed by atoms with van der Waals surface area (Å²) < 4.78 is 0. The number of aryl methyl sites for hydroxylation is 1. The second-order valence-corrected chi connectivity index (χ2v) is 5.59. The molecule has 0 saturated heterocycles. The highest BCUT2D eigenvalue weighted by atomic mass is 32.1. The van der Waals surface area contributed by atoms with Crippen LogP contribution in [-0.2, 0) is 0 Å². The molecule has 1 heterocycles. The Kier molecular flexibility index (Phi) is 3.44. The monoisotopic (exact) mass is 224 g/mol. The van der Waals surface area contributed by atoms with Crippen molar-refractivity contribution in [2.75, 3.05) is 13.1 Å². The Balaban J connectivity index is 1.90. The number of nitrogens with one attached hydrogen (secondary N) is 1. The van der Waals surface area contributed by atoms with Gasteiger partial charge in [-0.3, -0.25) is 0 Å². The number of rotatable bonds is 5. The summed E-state index contributed by atoms with van der Waals surface area (Å²) in [5.74, 6) is 1.81. The van der Waals surface area contributed by atoms with Crippen molar-refractivity contribution in [1.29, 1.82) is 0 Å². The van der Waals surface area contributed by atoms with Gasteiger partial charge in [0.05, 0.1) is 6.04 Å². The Morgan fingerprint density at radius 2 is 2.40 bits per heavy atom. The molecule has 1 saturated carbocycles. The van der Waals surface area contributed by atoms with Crippen molar-refractivity contribution < 1.29 is 0 Å². The van der Waals surface area contributed by atoms with Gasteiger partial charge < -0.3 is 11.1 Å². The van der Waals surface area contributed by atoms with Gasteiger partial charge in [-0.25, -0.2) is 0 Å². The zero-order chi connectivity index (χ0) is 10.8. The summed E-state index contributed by atoms with van der Waals surface area (Å²) in [6.45, 7) is 6.30. The van der Waals surface area contributed by atoms with E-state index in [9.17, 15) is 0 Å². The van der Waals surface area contributed by atoms with E-state index >= 15 is 0 Å². The molecule has 0 aromatic carbocycles. The smallest absolute Gasteiger partial charge is 0.0542 e. The van der Waals surface area contributed by atoms with Gasteiger partial charge in [-0.1, -0.05) is 6.92 Å². The summed E-state index contributed by atoms with van der Waals surface area (Å²) in [5, 5.41) is 5.74. The van der Waals surface area contributed by atoms with Crippen LogP contribution < -0.4 is 11.1 Å². The Morgan fingerprint density at radius 1 is 1.67 bits per heavy atom. The minimum Gasteiger partial charge on any atom is -0.329 e. The van der Waals surface area contributed by atoms with Crippen molar-refractivity contribution in [3.8, 4) is 0 Å². The lowest BCUT2D eigenvalue weighted by Crippen LogP contribution is -2.29. The Labute approximate surface area is 95.9 Å². The normalized spacial score (nSPS) is 26.6. The van der Waals surface area contributed by atoms with E-state index in [0.717, 1.165) is 18.4 Å². The fourth-order valence-electron chi connectivity index (χ4n) is 2.00. The molecular weight excluding hydrogens is 204 g/mol. The molecule has 0 radical (unpaired) electrons. The van der Waals surface area contributed by atoms with Crippen molar-refractivity contribution in [1.82, 2.24) is 5.32 Å². The highest BCUT2D eigenvalue weighted by molar-refractivity contribution is 7.10. The summed E-state index contributed by atoms with van der Waals surface area (Å²) in [7, 11) is 0. The van der Waals surface area contributed by atoms with Crippen molar-refractivity contribution >= 4 is 11.3 Å². The van der Waals surface area contributed by atoms with Crippen LogP contribution in [0.2, 0.25) is 0 Å². The molecule has 2 rings (SSSR count). The first-order chi connectivity index (χ1) is 7.22. The molecule has 0 amide bonds. The number of hydrogen-bond acceptors (Lipinski definition) is 3. The van der Waals surface area contributed by atoms with Crippen LogP contribution in [0.5, 0.6) is 0 Å². The molecule has 1 aliphatic carbocycles.